The molecule has 5 aromatic rings. The van der Waals surface area contributed by atoms with Crippen LogP contribution in [0.1, 0.15) is 23.6 Å². The van der Waals surface area contributed by atoms with Gasteiger partial charge in [0.15, 0.2) is 9.84 Å². The lowest BCUT2D eigenvalue weighted by molar-refractivity contribution is 0.414. The molecule has 3 aromatic heterocycles. The van der Waals surface area contributed by atoms with E-state index < -0.39 is 15.9 Å². The molecule has 1 N–H and O–H groups in total. The Labute approximate surface area is 207 Å². The fraction of sp³-hybridized carbons (Fsp3) is 0.154. The highest BCUT2D eigenvalue weighted by molar-refractivity contribution is 7.90. The lowest BCUT2D eigenvalue weighted by Crippen LogP contribution is -2.12. The van der Waals surface area contributed by atoms with Crippen LogP contribution in [0.25, 0.3) is 22.3 Å². The predicted molar refractivity (Wildman–Crippen MR) is 134 cm³/mol. The number of rotatable bonds is 8. The average Bonchev–Trinajstić information content (AvgIpc) is 3.57. The topological polar surface area (TPSA) is 127 Å². The number of nitriles is 1. The third-order valence-electron chi connectivity index (χ3n) is 5.93. The summed E-state index contributed by atoms with van der Waals surface area (Å²) in [6.45, 7) is 0. The van der Waals surface area contributed by atoms with Gasteiger partial charge < -0.3 is 9.72 Å². The molecule has 0 aliphatic carbocycles. The molecule has 0 aliphatic rings. The van der Waals surface area contributed by atoms with E-state index in [1.807, 2.05) is 18.3 Å². The maximum atomic E-state index is 13.2. The monoisotopic (exact) mass is 498 g/mol. The number of benzene rings is 2. The van der Waals surface area contributed by atoms with Gasteiger partial charge in [-0.3, -0.25) is 4.68 Å². The van der Waals surface area contributed by atoms with Crippen molar-refractivity contribution in [3.8, 4) is 23.1 Å². The molecule has 180 valence electrons. The van der Waals surface area contributed by atoms with Crippen molar-refractivity contribution in [1.29, 1.82) is 5.26 Å². The summed E-state index contributed by atoms with van der Waals surface area (Å²) in [4.78, 5) is 11.9. The Morgan fingerprint density at radius 3 is 2.83 bits per heavy atom. The van der Waals surface area contributed by atoms with Crippen LogP contribution in [-0.4, -0.2) is 40.3 Å². The number of nitrogens with one attached hydrogen (secondary N) is 1. The van der Waals surface area contributed by atoms with Crippen LogP contribution in [0, 0.1) is 11.3 Å². The minimum absolute atomic E-state index is 0.115. The second kappa shape index (κ2) is 9.64. The standard InChI is InChI=1S/C26H22N6O3S/c1-35-21-6-2-4-18(12-21)16-36(33,34)22-7-3-5-19(13-22)24(8-10-27)32-15-20(14-31-32)25-23-9-11-28-26(23)30-17-29-25/h2-7,9,11-15,17,24H,8,16H2,1H3,(H,28,29,30). The summed E-state index contributed by atoms with van der Waals surface area (Å²) in [5, 5.41) is 14.9. The summed E-state index contributed by atoms with van der Waals surface area (Å²) in [5.74, 6) is 0.434. The van der Waals surface area contributed by atoms with Gasteiger partial charge in [-0.2, -0.15) is 10.4 Å². The number of ether oxygens (including phenoxy) is 1. The summed E-state index contributed by atoms with van der Waals surface area (Å²) < 4.78 is 33.3. The predicted octanol–water partition coefficient (Wildman–Crippen LogP) is 4.31. The van der Waals surface area contributed by atoms with Gasteiger partial charge in [-0.25, -0.2) is 18.4 Å². The fourth-order valence-electron chi connectivity index (χ4n) is 4.16. The Morgan fingerprint density at radius 1 is 1.14 bits per heavy atom. The molecule has 0 saturated heterocycles. The fourth-order valence-corrected chi connectivity index (χ4v) is 5.55. The van der Waals surface area contributed by atoms with E-state index in [4.69, 9.17) is 4.74 Å². The second-order valence-electron chi connectivity index (χ2n) is 8.23. The van der Waals surface area contributed by atoms with Gasteiger partial charge in [0.05, 0.1) is 48.2 Å². The number of hydrogen-bond donors (Lipinski definition) is 1. The van der Waals surface area contributed by atoms with Crippen molar-refractivity contribution in [3.05, 3.63) is 90.6 Å². The van der Waals surface area contributed by atoms with E-state index in [9.17, 15) is 13.7 Å². The summed E-state index contributed by atoms with van der Waals surface area (Å²) in [7, 11) is -2.10. The lowest BCUT2D eigenvalue weighted by atomic mass is 10.0. The number of H-pyrrole nitrogens is 1. The molecular formula is C26H22N6O3S. The van der Waals surface area contributed by atoms with Crippen molar-refractivity contribution in [2.45, 2.75) is 23.1 Å². The zero-order valence-corrected chi connectivity index (χ0v) is 20.2. The molecule has 9 nitrogen and oxygen atoms in total. The van der Waals surface area contributed by atoms with Gasteiger partial charge in [-0.05, 0) is 41.5 Å². The molecule has 36 heavy (non-hydrogen) atoms. The Morgan fingerprint density at radius 2 is 2.00 bits per heavy atom. The van der Waals surface area contributed by atoms with Crippen molar-refractivity contribution >= 4 is 20.9 Å². The van der Waals surface area contributed by atoms with Crippen molar-refractivity contribution in [2.24, 2.45) is 0 Å². The molecule has 0 bridgehead atoms. The number of fused-ring (bicyclic) bond motifs is 1. The first-order valence-electron chi connectivity index (χ1n) is 11.1. The molecule has 0 spiro atoms. The van der Waals surface area contributed by atoms with Crippen LogP contribution in [-0.2, 0) is 15.6 Å². The Bertz CT molecular complexity index is 1680. The molecule has 5 rings (SSSR count). The summed E-state index contributed by atoms with van der Waals surface area (Å²) in [5.41, 5.74) is 3.51. The Balaban J connectivity index is 1.47. The van der Waals surface area contributed by atoms with Gasteiger partial charge in [-0.1, -0.05) is 24.3 Å². The van der Waals surface area contributed by atoms with E-state index in [0.29, 0.717) is 16.9 Å². The van der Waals surface area contributed by atoms with Crippen molar-refractivity contribution in [3.63, 3.8) is 0 Å². The van der Waals surface area contributed by atoms with Crippen molar-refractivity contribution in [1.82, 2.24) is 24.7 Å². The number of hydrogen-bond acceptors (Lipinski definition) is 7. The number of nitrogens with zero attached hydrogens (tertiary/aromatic N) is 5. The van der Waals surface area contributed by atoms with Gasteiger partial charge in [0.1, 0.15) is 17.7 Å². The summed E-state index contributed by atoms with van der Waals surface area (Å²) in [6.07, 6.45) is 6.89. The largest absolute Gasteiger partial charge is 0.497 e. The van der Waals surface area contributed by atoms with E-state index >= 15 is 0 Å². The van der Waals surface area contributed by atoms with Crippen LogP contribution >= 0.6 is 0 Å². The SMILES string of the molecule is COc1cccc(CS(=O)(=O)c2cccc(C(CC#N)n3cc(-c4ncnc5[nH]ccc45)cn3)c2)c1. The molecule has 3 heterocycles. The van der Waals surface area contributed by atoms with Crippen molar-refractivity contribution < 1.29 is 13.2 Å². The van der Waals surface area contributed by atoms with Gasteiger partial charge in [0.25, 0.3) is 0 Å². The van der Waals surface area contributed by atoms with E-state index in [1.165, 1.54) is 6.33 Å². The molecule has 10 heteroatoms. The van der Waals surface area contributed by atoms with Crippen LogP contribution < -0.4 is 4.74 Å². The minimum atomic E-state index is -3.64. The van der Waals surface area contributed by atoms with Crippen LogP contribution in [0.15, 0.2) is 84.4 Å². The molecule has 0 fully saturated rings. The van der Waals surface area contributed by atoms with Crippen LogP contribution in [0.4, 0.5) is 0 Å². The number of aromatic nitrogens is 5. The summed E-state index contributed by atoms with van der Waals surface area (Å²) in [6, 6.07) is 17.3. The molecule has 0 saturated carbocycles. The zero-order valence-electron chi connectivity index (χ0n) is 19.4. The van der Waals surface area contributed by atoms with Gasteiger partial charge in [0.2, 0.25) is 0 Å². The molecule has 0 amide bonds. The smallest absolute Gasteiger partial charge is 0.182 e. The number of methoxy groups -OCH3 is 1. The molecule has 0 aliphatic heterocycles. The Hall–Kier alpha value is -4.49. The zero-order chi connectivity index (χ0) is 25.1. The highest BCUT2D eigenvalue weighted by Gasteiger charge is 2.21. The number of aromatic amines is 1. The van der Waals surface area contributed by atoms with Crippen LogP contribution in [0.5, 0.6) is 5.75 Å². The van der Waals surface area contributed by atoms with Gasteiger partial charge in [-0.15, -0.1) is 0 Å². The molecular weight excluding hydrogens is 476 g/mol. The first kappa shape index (κ1) is 23.3. The first-order chi connectivity index (χ1) is 17.5. The highest BCUT2D eigenvalue weighted by Crippen LogP contribution is 2.29. The van der Waals surface area contributed by atoms with E-state index in [-0.39, 0.29) is 17.1 Å². The van der Waals surface area contributed by atoms with Crippen LogP contribution in [0.3, 0.4) is 0 Å². The highest BCUT2D eigenvalue weighted by atomic mass is 32.2. The minimum Gasteiger partial charge on any atom is -0.497 e. The molecule has 2 aromatic carbocycles. The first-order valence-corrected chi connectivity index (χ1v) is 12.8. The van der Waals surface area contributed by atoms with Crippen molar-refractivity contribution in [2.75, 3.05) is 7.11 Å². The van der Waals surface area contributed by atoms with Crippen LogP contribution in [0.2, 0.25) is 0 Å². The quantitative estimate of drug-likeness (QED) is 0.338. The van der Waals surface area contributed by atoms with Gasteiger partial charge in [0, 0.05) is 23.3 Å². The lowest BCUT2D eigenvalue weighted by Gasteiger charge is -2.16. The molecule has 0 radical (unpaired) electrons. The average molecular weight is 499 g/mol. The third kappa shape index (κ3) is 4.56. The Kier molecular flexibility index (Phi) is 6.23. The third-order valence-corrected chi connectivity index (χ3v) is 7.61. The van der Waals surface area contributed by atoms with Gasteiger partial charge >= 0.3 is 0 Å². The van der Waals surface area contributed by atoms with E-state index in [0.717, 1.165) is 22.3 Å². The van der Waals surface area contributed by atoms with E-state index in [2.05, 4.69) is 26.1 Å². The second-order valence-corrected chi connectivity index (χ2v) is 10.2. The molecule has 1 unspecified atom stereocenters. The summed E-state index contributed by atoms with van der Waals surface area (Å²) >= 11 is 0. The maximum absolute atomic E-state index is 13.2. The van der Waals surface area contributed by atoms with E-state index in [1.54, 1.807) is 66.6 Å². The normalized spacial score (nSPS) is 12.3. The maximum Gasteiger partial charge on any atom is 0.182 e. The molecule has 1 atom stereocenters. The number of sulfone groups is 1.